The van der Waals surface area contributed by atoms with E-state index in [1.807, 2.05) is 13.1 Å². The molecule has 1 aromatic rings. The van der Waals surface area contributed by atoms with Gasteiger partial charge in [0, 0.05) is 0 Å². The fourth-order valence-corrected chi connectivity index (χ4v) is 1.59. The maximum absolute atomic E-state index is 11.8. The van der Waals surface area contributed by atoms with Crippen LogP contribution in [-0.2, 0) is 16.0 Å². The molecule has 0 amide bonds. The smallest absolute Gasteiger partial charge is 0.313 e. The van der Waals surface area contributed by atoms with Crippen LogP contribution in [-0.4, -0.2) is 25.5 Å². The van der Waals surface area contributed by atoms with E-state index in [4.69, 9.17) is 9.47 Å². The number of carbonyl (C=O) groups excluding carboxylic acids is 2. The zero-order chi connectivity index (χ0) is 16.7. The maximum Gasteiger partial charge on any atom is 0.313 e. The van der Waals surface area contributed by atoms with E-state index in [0.29, 0.717) is 5.75 Å². The Morgan fingerprint density at radius 1 is 1.00 bits per heavy atom. The van der Waals surface area contributed by atoms with E-state index in [2.05, 4.69) is 5.32 Å². The number of halogens is 1. The molecule has 0 spiro atoms. The monoisotopic (exact) mass is 343 g/mol. The number of hydrogen-bond acceptors (Lipinski definition) is 5. The molecule has 23 heavy (non-hydrogen) atoms. The van der Waals surface area contributed by atoms with Gasteiger partial charge in [-0.15, -0.1) is 12.4 Å². The normalized spacial score (nSPS) is 10.4. The van der Waals surface area contributed by atoms with Crippen LogP contribution in [0.3, 0.4) is 0 Å². The van der Waals surface area contributed by atoms with Crippen molar-refractivity contribution in [2.45, 2.75) is 34.1 Å². The summed E-state index contributed by atoms with van der Waals surface area (Å²) in [5.41, 5.74) is 1.00. The first kappa shape index (κ1) is 21.4. The molecule has 0 radical (unpaired) electrons. The van der Waals surface area contributed by atoms with Gasteiger partial charge in [-0.2, -0.15) is 0 Å². The fourth-order valence-electron chi connectivity index (χ4n) is 1.59. The predicted octanol–water partition coefficient (Wildman–Crippen LogP) is 2.99. The molecule has 0 aliphatic heterocycles. The molecule has 130 valence electrons. The molecule has 1 N–H and O–H groups in total. The molecule has 0 unspecified atom stereocenters. The zero-order valence-corrected chi connectivity index (χ0v) is 15.2. The molecule has 0 bridgehead atoms. The third kappa shape index (κ3) is 7.01. The van der Waals surface area contributed by atoms with Crippen molar-refractivity contribution in [3.63, 3.8) is 0 Å². The van der Waals surface area contributed by atoms with Gasteiger partial charge in [-0.05, 0) is 37.7 Å². The molecular formula is C17H26ClNO4. The average molecular weight is 344 g/mol. The Hall–Kier alpha value is -1.59. The van der Waals surface area contributed by atoms with Gasteiger partial charge in [-0.3, -0.25) is 9.59 Å². The summed E-state index contributed by atoms with van der Waals surface area (Å²) in [6, 6.07) is 5.29. The molecule has 0 saturated heterocycles. The fraction of sp³-hybridized carbons (Fsp3) is 0.529. The summed E-state index contributed by atoms with van der Waals surface area (Å²) < 4.78 is 10.7. The van der Waals surface area contributed by atoms with Gasteiger partial charge in [0.15, 0.2) is 11.5 Å². The molecular weight excluding hydrogens is 318 g/mol. The van der Waals surface area contributed by atoms with Crippen molar-refractivity contribution >= 4 is 24.3 Å². The number of ether oxygens (including phenoxy) is 2. The first-order valence-electron chi connectivity index (χ1n) is 7.56. The topological polar surface area (TPSA) is 64.6 Å². The molecule has 5 nitrogen and oxygen atoms in total. The SMILES string of the molecule is CNCCc1ccc(OC(=O)C(C)C)c(OC(=O)C(C)C)c1.Cl. The summed E-state index contributed by atoms with van der Waals surface area (Å²) >= 11 is 0. The Bertz CT molecular complexity index is 529. The molecule has 0 atom stereocenters. The molecule has 0 aliphatic rings. The van der Waals surface area contributed by atoms with Gasteiger partial charge in [-0.1, -0.05) is 33.8 Å². The van der Waals surface area contributed by atoms with E-state index in [9.17, 15) is 9.59 Å². The van der Waals surface area contributed by atoms with E-state index < -0.39 is 0 Å². The minimum atomic E-state index is -0.357. The van der Waals surface area contributed by atoms with Gasteiger partial charge < -0.3 is 14.8 Å². The van der Waals surface area contributed by atoms with Crippen LogP contribution < -0.4 is 14.8 Å². The predicted molar refractivity (Wildman–Crippen MR) is 92.3 cm³/mol. The molecule has 1 aromatic carbocycles. The van der Waals surface area contributed by atoms with Crippen molar-refractivity contribution in [2.75, 3.05) is 13.6 Å². The van der Waals surface area contributed by atoms with Gasteiger partial charge in [0.25, 0.3) is 0 Å². The van der Waals surface area contributed by atoms with Gasteiger partial charge in [0.2, 0.25) is 0 Å². The minimum absolute atomic E-state index is 0. The molecule has 6 heteroatoms. The van der Waals surface area contributed by atoms with Crippen molar-refractivity contribution in [3.05, 3.63) is 23.8 Å². The summed E-state index contributed by atoms with van der Waals surface area (Å²) in [5.74, 6) is -0.646. The van der Waals surface area contributed by atoms with E-state index in [1.165, 1.54) is 0 Å². The standard InChI is InChI=1S/C17H25NO4.ClH/c1-11(2)16(19)21-14-7-6-13(8-9-18-5)10-15(14)22-17(20)12(3)4;/h6-7,10-12,18H,8-9H2,1-5H3;1H. The van der Waals surface area contributed by atoms with Crippen molar-refractivity contribution < 1.29 is 19.1 Å². The lowest BCUT2D eigenvalue weighted by atomic mass is 10.1. The van der Waals surface area contributed by atoms with E-state index in [0.717, 1.165) is 18.5 Å². The van der Waals surface area contributed by atoms with E-state index in [-0.39, 0.29) is 41.9 Å². The Morgan fingerprint density at radius 2 is 1.52 bits per heavy atom. The average Bonchev–Trinajstić information content (AvgIpc) is 2.46. The molecule has 0 fully saturated rings. The number of esters is 2. The lowest BCUT2D eigenvalue weighted by Gasteiger charge is -2.14. The minimum Gasteiger partial charge on any atom is -0.422 e. The third-order valence-corrected chi connectivity index (χ3v) is 3.04. The third-order valence-electron chi connectivity index (χ3n) is 3.04. The number of likely N-dealkylation sites (N-methyl/N-ethyl adjacent to an activating group) is 1. The summed E-state index contributed by atoms with van der Waals surface area (Å²) in [6.45, 7) is 7.83. The Morgan fingerprint density at radius 3 is 2.00 bits per heavy atom. The summed E-state index contributed by atoms with van der Waals surface area (Å²) in [4.78, 5) is 23.6. The van der Waals surface area contributed by atoms with Crippen molar-refractivity contribution in [1.29, 1.82) is 0 Å². The van der Waals surface area contributed by atoms with E-state index in [1.54, 1.807) is 39.8 Å². The highest BCUT2D eigenvalue weighted by Crippen LogP contribution is 2.30. The Labute approximate surface area is 144 Å². The highest BCUT2D eigenvalue weighted by atomic mass is 35.5. The second-order valence-electron chi connectivity index (χ2n) is 5.79. The largest absolute Gasteiger partial charge is 0.422 e. The van der Waals surface area contributed by atoms with Crippen LogP contribution in [0.25, 0.3) is 0 Å². The van der Waals surface area contributed by atoms with Crippen LogP contribution in [0.1, 0.15) is 33.3 Å². The van der Waals surface area contributed by atoms with E-state index >= 15 is 0 Å². The van der Waals surface area contributed by atoms with Gasteiger partial charge >= 0.3 is 11.9 Å². The van der Waals surface area contributed by atoms with Gasteiger partial charge in [0.1, 0.15) is 0 Å². The number of carbonyl (C=O) groups is 2. The lowest BCUT2D eigenvalue weighted by molar-refractivity contribution is -0.140. The van der Waals surface area contributed by atoms with Gasteiger partial charge in [-0.25, -0.2) is 0 Å². The molecule has 1 rings (SSSR count). The highest BCUT2D eigenvalue weighted by Gasteiger charge is 2.18. The summed E-state index contributed by atoms with van der Waals surface area (Å²) in [7, 11) is 1.87. The Kier molecular flexibility index (Phi) is 9.53. The molecule has 0 aromatic heterocycles. The second-order valence-corrected chi connectivity index (χ2v) is 5.79. The molecule has 0 heterocycles. The quantitative estimate of drug-likeness (QED) is 0.609. The van der Waals surface area contributed by atoms with Crippen LogP contribution in [0.4, 0.5) is 0 Å². The molecule has 0 saturated carbocycles. The first-order chi connectivity index (χ1) is 10.3. The summed E-state index contributed by atoms with van der Waals surface area (Å²) in [5, 5.41) is 3.06. The van der Waals surface area contributed by atoms with Crippen LogP contribution >= 0.6 is 12.4 Å². The van der Waals surface area contributed by atoms with Crippen molar-refractivity contribution in [1.82, 2.24) is 5.32 Å². The van der Waals surface area contributed by atoms with Crippen LogP contribution in [0.5, 0.6) is 11.5 Å². The maximum atomic E-state index is 11.8. The van der Waals surface area contributed by atoms with Crippen LogP contribution in [0, 0.1) is 11.8 Å². The lowest BCUT2D eigenvalue weighted by Crippen LogP contribution is -2.18. The van der Waals surface area contributed by atoms with Crippen molar-refractivity contribution in [3.8, 4) is 11.5 Å². The molecule has 0 aliphatic carbocycles. The van der Waals surface area contributed by atoms with Gasteiger partial charge in [0.05, 0.1) is 11.8 Å². The summed E-state index contributed by atoms with van der Waals surface area (Å²) in [6.07, 6.45) is 0.793. The Balaban J connectivity index is 0.00000484. The number of benzene rings is 1. The van der Waals surface area contributed by atoms with Crippen LogP contribution in [0.15, 0.2) is 18.2 Å². The second kappa shape index (κ2) is 10.2. The number of nitrogens with one attached hydrogen (secondary N) is 1. The number of hydrogen-bond donors (Lipinski definition) is 1. The zero-order valence-electron chi connectivity index (χ0n) is 14.3. The first-order valence-corrected chi connectivity index (χ1v) is 7.56. The highest BCUT2D eigenvalue weighted by molar-refractivity contribution is 5.85. The van der Waals surface area contributed by atoms with Crippen molar-refractivity contribution in [2.24, 2.45) is 11.8 Å². The number of rotatable bonds is 7. The van der Waals surface area contributed by atoms with Crippen LogP contribution in [0.2, 0.25) is 0 Å².